The van der Waals surface area contributed by atoms with Gasteiger partial charge >= 0.3 is 5.97 Å². The van der Waals surface area contributed by atoms with Crippen LogP contribution in [0.25, 0.3) is 11.0 Å². The summed E-state index contributed by atoms with van der Waals surface area (Å²) in [5.74, 6) is -1.08. The molecule has 0 saturated heterocycles. The molecule has 0 fully saturated rings. The monoisotopic (exact) mass is 409 g/mol. The number of aromatic nitrogens is 2. The van der Waals surface area contributed by atoms with Gasteiger partial charge in [0.2, 0.25) is 0 Å². The third-order valence-corrected chi connectivity index (χ3v) is 3.93. The van der Waals surface area contributed by atoms with E-state index in [0.717, 1.165) is 5.69 Å². The molecule has 0 saturated carbocycles. The van der Waals surface area contributed by atoms with Crippen molar-refractivity contribution in [1.29, 1.82) is 0 Å². The fourth-order valence-corrected chi connectivity index (χ4v) is 2.57. The maximum absolute atomic E-state index is 13.8. The number of benzene rings is 1. The Morgan fingerprint density at radius 1 is 1.26 bits per heavy atom. The van der Waals surface area contributed by atoms with E-state index in [2.05, 4.69) is 15.3 Å². The quantitative estimate of drug-likeness (QED) is 0.579. The molecule has 0 radical (unpaired) electrons. The fourth-order valence-electron chi connectivity index (χ4n) is 2.46. The Bertz CT molecular complexity index is 996. The molecule has 3 rings (SSSR count). The van der Waals surface area contributed by atoms with Gasteiger partial charge in [-0.25, -0.2) is 19.2 Å². The van der Waals surface area contributed by atoms with Gasteiger partial charge in [0.1, 0.15) is 11.4 Å². The van der Waals surface area contributed by atoms with Crippen molar-refractivity contribution in [3.8, 4) is 0 Å². The van der Waals surface area contributed by atoms with Crippen molar-refractivity contribution in [1.82, 2.24) is 9.97 Å². The first-order chi connectivity index (χ1) is 12.3. The summed E-state index contributed by atoms with van der Waals surface area (Å²) in [4.78, 5) is 21.1. The molecule has 0 spiro atoms. The highest BCUT2D eigenvalue weighted by Crippen LogP contribution is 2.30. The molecule has 5 nitrogen and oxygen atoms in total. The summed E-state index contributed by atoms with van der Waals surface area (Å²) in [6.45, 7) is 5.38. The molecule has 2 aromatic heterocycles. The van der Waals surface area contributed by atoms with E-state index in [-0.39, 0.29) is 29.1 Å². The third kappa shape index (κ3) is 4.64. The topological polar surface area (TPSA) is 64.1 Å². The van der Waals surface area contributed by atoms with Crippen molar-refractivity contribution in [2.45, 2.75) is 26.9 Å². The number of halogens is 3. The molecule has 0 aliphatic rings. The second-order valence-corrected chi connectivity index (χ2v) is 6.49. The van der Waals surface area contributed by atoms with Gasteiger partial charge in [-0.2, -0.15) is 0 Å². The molecule has 0 aliphatic carbocycles. The van der Waals surface area contributed by atoms with Gasteiger partial charge in [-0.3, -0.25) is 0 Å². The molecular formula is C19H18Cl2FN3O2. The van der Waals surface area contributed by atoms with Crippen LogP contribution >= 0.6 is 24.0 Å². The van der Waals surface area contributed by atoms with Crippen LogP contribution in [0, 0.1) is 12.7 Å². The maximum atomic E-state index is 13.8. The van der Waals surface area contributed by atoms with Crippen LogP contribution in [0.1, 0.15) is 29.9 Å². The number of anilines is 2. The Morgan fingerprint density at radius 2 is 2.00 bits per heavy atom. The van der Waals surface area contributed by atoms with Gasteiger partial charge < -0.3 is 10.1 Å². The van der Waals surface area contributed by atoms with Gasteiger partial charge in [-0.1, -0.05) is 11.6 Å². The van der Waals surface area contributed by atoms with Crippen LogP contribution in [-0.4, -0.2) is 22.0 Å². The number of aryl methyl sites for hydroxylation is 1. The van der Waals surface area contributed by atoms with E-state index in [4.69, 9.17) is 16.3 Å². The first-order valence-corrected chi connectivity index (χ1v) is 8.42. The fraction of sp³-hybridized carbons (Fsp3) is 0.211. The number of nitrogens with zero attached hydrogens (tertiary/aromatic N) is 2. The number of ether oxygens (including phenoxy) is 1. The second-order valence-electron chi connectivity index (χ2n) is 6.08. The number of rotatable bonds is 4. The van der Waals surface area contributed by atoms with E-state index >= 15 is 0 Å². The van der Waals surface area contributed by atoms with Crippen LogP contribution in [0.4, 0.5) is 15.8 Å². The van der Waals surface area contributed by atoms with Crippen LogP contribution in [0.3, 0.4) is 0 Å². The van der Waals surface area contributed by atoms with Crippen molar-refractivity contribution in [3.05, 3.63) is 58.6 Å². The van der Waals surface area contributed by atoms with E-state index in [1.807, 2.05) is 19.1 Å². The highest BCUT2D eigenvalue weighted by Gasteiger charge is 2.19. The van der Waals surface area contributed by atoms with Gasteiger partial charge in [0.05, 0.1) is 16.8 Å². The summed E-state index contributed by atoms with van der Waals surface area (Å²) in [6, 6.07) is 7.95. The van der Waals surface area contributed by atoms with Crippen molar-refractivity contribution in [2.75, 3.05) is 5.32 Å². The first-order valence-electron chi connectivity index (χ1n) is 8.04. The molecule has 0 unspecified atom stereocenters. The van der Waals surface area contributed by atoms with E-state index in [1.165, 1.54) is 18.3 Å². The Balaban J connectivity index is 0.00000261. The summed E-state index contributed by atoms with van der Waals surface area (Å²) in [5.41, 5.74) is 2.41. The predicted molar refractivity (Wildman–Crippen MR) is 107 cm³/mol. The van der Waals surface area contributed by atoms with Crippen LogP contribution in [0.15, 0.2) is 36.5 Å². The Hall–Kier alpha value is -2.44. The zero-order valence-electron chi connectivity index (χ0n) is 14.9. The summed E-state index contributed by atoms with van der Waals surface area (Å²) in [7, 11) is 0. The number of nitrogens with one attached hydrogen (secondary N) is 1. The van der Waals surface area contributed by atoms with Crippen molar-refractivity contribution < 1.29 is 13.9 Å². The summed E-state index contributed by atoms with van der Waals surface area (Å²) < 4.78 is 19.1. The molecule has 2 heterocycles. The molecule has 1 aromatic carbocycles. The van der Waals surface area contributed by atoms with Gasteiger partial charge in [0.15, 0.2) is 5.65 Å². The summed E-state index contributed by atoms with van der Waals surface area (Å²) in [6.07, 6.45) is 1.13. The van der Waals surface area contributed by atoms with Gasteiger partial charge in [0, 0.05) is 23.0 Å². The van der Waals surface area contributed by atoms with Crippen LogP contribution < -0.4 is 5.32 Å². The molecule has 142 valence electrons. The van der Waals surface area contributed by atoms with Crippen LogP contribution in [0.5, 0.6) is 0 Å². The minimum atomic E-state index is -0.560. The molecule has 8 heteroatoms. The van der Waals surface area contributed by atoms with E-state index in [0.29, 0.717) is 22.4 Å². The number of fused-ring (bicyclic) bond motifs is 1. The lowest BCUT2D eigenvalue weighted by Crippen LogP contribution is -2.14. The molecular weight excluding hydrogens is 392 g/mol. The van der Waals surface area contributed by atoms with E-state index in [1.54, 1.807) is 19.9 Å². The summed E-state index contributed by atoms with van der Waals surface area (Å²) >= 11 is 5.74. The lowest BCUT2D eigenvalue weighted by Gasteiger charge is -2.15. The van der Waals surface area contributed by atoms with Gasteiger partial charge in [0.25, 0.3) is 0 Å². The van der Waals surface area contributed by atoms with Gasteiger partial charge in [-0.05, 0) is 51.1 Å². The summed E-state index contributed by atoms with van der Waals surface area (Å²) in [5, 5.41) is 3.73. The molecule has 27 heavy (non-hydrogen) atoms. The number of hydrogen-bond donors (Lipinski definition) is 1. The molecule has 0 aliphatic heterocycles. The minimum Gasteiger partial charge on any atom is -0.459 e. The second kappa shape index (κ2) is 8.50. The lowest BCUT2D eigenvalue weighted by molar-refractivity contribution is 0.0379. The SMILES string of the molecule is Cc1ccc2c(Nc3ccc(Cl)c(F)c3)c(C(=O)OC(C)C)cnc2n1.Cl. The predicted octanol–water partition coefficient (Wildman–Crippen LogP) is 5.46. The Kier molecular flexibility index (Phi) is 6.57. The molecule has 0 amide bonds. The average molecular weight is 410 g/mol. The maximum Gasteiger partial charge on any atom is 0.342 e. The number of carbonyl (C=O) groups excluding carboxylic acids is 1. The zero-order chi connectivity index (χ0) is 18.8. The molecule has 0 bridgehead atoms. The van der Waals surface area contributed by atoms with E-state index in [9.17, 15) is 9.18 Å². The van der Waals surface area contributed by atoms with Crippen molar-refractivity contribution >= 4 is 52.4 Å². The Labute approximate surface area is 167 Å². The lowest BCUT2D eigenvalue weighted by atomic mass is 10.1. The smallest absolute Gasteiger partial charge is 0.342 e. The highest BCUT2D eigenvalue weighted by molar-refractivity contribution is 6.30. The van der Waals surface area contributed by atoms with Crippen molar-refractivity contribution in [3.63, 3.8) is 0 Å². The van der Waals surface area contributed by atoms with Gasteiger partial charge in [-0.15, -0.1) is 12.4 Å². The number of esters is 1. The minimum absolute atomic E-state index is 0. The number of hydrogen-bond acceptors (Lipinski definition) is 5. The van der Waals surface area contributed by atoms with Crippen LogP contribution in [-0.2, 0) is 4.74 Å². The normalized spacial score (nSPS) is 10.6. The highest BCUT2D eigenvalue weighted by atomic mass is 35.5. The zero-order valence-corrected chi connectivity index (χ0v) is 16.5. The number of carbonyl (C=O) groups is 1. The molecule has 0 atom stereocenters. The van der Waals surface area contributed by atoms with Crippen LogP contribution in [0.2, 0.25) is 5.02 Å². The molecule has 3 aromatic rings. The van der Waals surface area contributed by atoms with Crippen molar-refractivity contribution in [2.24, 2.45) is 0 Å². The molecule has 1 N–H and O–H groups in total. The largest absolute Gasteiger partial charge is 0.459 e. The Morgan fingerprint density at radius 3 is 2.67 bits per heavy atom. The van der Waals surface area contributed by atoms with E-state index < -0.39 is 11.8 Å². The standard InChI is InChI=1S/C19H17ClFN3O2.ClH/c1-10(2)26-19(25)14-9-22-18-13(6-4-11(3)23-18)17(14)24-12-5-7-15(20)16(21)8-12;/h4-10H,1-3H3,(H,22,23,24);1H. The first kappa shape index (κ1) is 20.9. The number of pyridine rings is 2. The third-order valence-electron chi connectivity index (χ3n) is 3.62. The average Bonchev–Trinajstić information content (AvgIpc) is 2.57.